The Morgan fingerprint density at radius 1 is 1.22 bits per heavy atom. The molecule has 2 fully saturated rings. The summed E-state index contributed by atoms with van der Waals surface area (Å²) in [5.74, 6) is -0.587. The van der Waals surface area contributed by atoms with E-state index in [9.17, 15) is 18.0 Å². The van der Waals surface area contributed by atoms with Gasteiger partial charge in [0.25, 0.3) is 0 Å². The molecule has 1 unspecified atom stereocenters. The van der Waals surface area contributed by atoms with Gasteiger partial charge < -0.3 is 10.2 Å². The highest BCUT2D eigenvalue weighted by Crippen LogP contribution is 2.30. The third kappa shape index (κ3) is 4.01. The maximum absolute atomic E-state index is 12.7. The number of benzene rings is 1. The van der Waals surface area contributed by atoms with Crippen LogP contribution in [0.3, 0.4) is 0 Å². The number of anilines is 1. The fourth-order valence-corrected chi connectivity index (χ4v) is 5.02. The molecule has 27 heavy (non-hydrogen) atoms. The molecule has 3 rings (SSSR count). The van der Waals surface area contributed by atoms with Crippen molar-refractivity contribution in [3.8, 4) is 0 Å². The first-order valence-electron chi connectivity index (χ1n) is 9.33. The van der Waals surface area contributed by atoms with Gasteiger partial charge in [0.1, 0.15) is 0 Å². The minimum absolute atomic E-state index is 0.0434. The number of hydrogen-bond acceptors (Lipinski definition) is 4. The summed E-state index contributed by atoms with van der Waals surface area (Å²) in [6.07, 6.45) is 4.53. The Morgan fingerprint density at radius 3 is 2.52 bits per heavy atom. The Bertz CT molecular complexity index is 845. The minimum Gasteiger partial charge on any atom is -0.339 e. The predicted molar refractivity (Wildman–Crippen MR) is 103 cm³/mol. The lowest BCUT2D eigenvalue weighted by Gasteiger charge is -2.23. The molecule has 1 aromatic carbocycles. The van der Waals surface area contributed by atoms with Crippen LogP contribution in [0.25, 0.3) is 0 Å². The lowest BCUT2D eigenvalue weighted by Crippen LogP contribution is -2.35. The standard InChI is InChI=1S/C19H27N3O4S/c1-13-8-9-15(11-17(13)27(25,26)21(2)3)20-19(24)14-10-18(23)22(12-14)16-6-4-5-7-16/h8-9,11,14,16H,4-7,10,12H2,1-3H3,(H,20,24). The molecule has 1 aliphatic carbocycles. The second-order valence-corrected chi connectivity index (χ2v) is 9.76. The molecule has 8 heteroatoms. The molecule has 1 aromatic rings. The summed E-state index contributed by atoms with van der Waals surface area (Å²) in [6.45, 7) is 2.17. The van der Waals surface area contributed by atoms with Gasteiger partial charge in [0.2, 0.25) is 21.8 Å². The number of sulfonamides is 1. The van der Waals surface area contributed by atoms with Gasteiger partial charge in [0.15, 0.2) is 0 Å². The minimum atomic E-state index is -3.59. The maximum atomic E-state index is 12.7. The van der Waals surface area contributed by atoms with E-state index in [0.29, 0.717) is 17.8 Å². The van der Waals surface area contributed by atoms with E-state index in [1.165, 1.54) is 20.2 Å². The van der Waals surface area contributed by atoms with E-state index in [1.54, 1.807) is 19.1 Å². The normalized spacial score (nSPS) is 21.3. The highest BCUT2D eigenvalue weighted by Gasteiger charge is 2.38. The zero-order chi connectivity index (χ0) is 19.8. The highest BCUT2D eigenvalue weighted by atomic mass is 32.2. The van der Waals surface area contributed by atoms with Crippen LogP contribution in [0.15, 0.2) is 23.1 Å². The third-order valence-electron chi connectivity index (χ3n) is 5.51. The Hall–Kier alpha value is -1.93. The average Bonchev–Trinajstić information content (AvgIpc) is 3.25. The van der Waals surface area contributed by atoms with Gasteiger partial charge in [0.05, 0.1) is 10.8 Å². The van der Waals surface area contributed by atoms with Crippen LogP contribution in [0, 0.1) is 12.8 Å². The van der Waals surface area contributed by atoms with Crippen molar-refractivity contribution in [1.29, 1.82) is 0 Å². The fraction of sp³-hybridized carbons (Fsp3) is 0.579. The fourth-order valence-electron chi connectivity index (χ4n) is 3.87. The molecule has 0 bridgehead atoms. The second kappa shape index (κ2) is 7.59. The van der Waals surface area contributed by atoms with E-state index < -0.39 is 15.9 Å². The van der Waals surface area contributed by atoms with Gasteiger partial charge >= 0.3 is 0 Å². The highest BCUT2D eigenvalue weighted by molar-refractivity contribution is 7.89. The average molecular weight is 394 g/mol. The smallest absolute Gasteiger partial charge is 0.242 e. The summed E-state index contributed by atoms with van der Waals surface area (Å²) in [7, 11) is -0.646. The Balaban J connectivity index is 1.72. The molecule has 1 N–H and O–H groups in total. The van der Waals surface area contributed by atoms with E-state index in [-0.39, 0.29) is 29.2 Å². The lowest BCUT2D eigenvalue weighted by molar-refractivity contribution is -0.129. The van der Waals surface area contributed by atoms with Crippen molar-refractivity contribution in [1.82, 2.24) is 9.21 Å². The Labute approximate surface area is 160 Å². The molecule has 7 nitrogen and oxygen atoms in total. The molecule has 0 aromatic heterocycles. The van der Waals surface area contributed by atoms with Crippen LogP contribution >= 0.6 is 0 Å². The van der Waals surface area contributed by atoms with E-state index in [2.05, 4.69) is 5.32 Å². The molecular formula is C19H27N3O4S. The molecule has 2 aliphatic rings. The van der Waals surface area contributed by atoms with Crippen molar-refractivity contribution < 1.29 is 18.0 Å². The Morgan fingerprint density at radius 2 is 1.89 bits per heavy atom. The van der Waals surface area contributed by atoms with Crippen LogP contribution in [0.5, 0.6) is 0 Å². The Kier molecular flexibility index (Phi) is 5.58. The van der Waals surface area contributed by atoms with Crippen LogP contribution in [-0.2, 0) is 19.6 Å². The summed E-state index contributed by atoms with van der Waals surface area (Å²) in [5, 5.41) is 2.79. The summed E-state index contributed by atoms with van der Waals surface area (Å²) in [4.78, 5) is 27.0. The van der Waals surface area contributed by atoms with E-state index in [4.69, 9.17) is 0 Å². The van der Waals surface area contributed by atoms with Gasteiger partial charge in [0, 0.05) is 38.8 Å². The quantitative estimate of drug-likeness (QED) is 0.829. The van der Waals surface area contributed by atoms with E-state index in [0.717, 1.165) is 30.0 Å². The number of carbonyl (C=O) groups excluding carboxylic acids is 2. The first kappa shape index (κ1) is 19.8. The van der Waals surface area contributed by atoms with Crippen LogP contribution < -0.4 is 5.32 Å². The molecule has 1 aliphatic heterocycles. The number of rotatable bonds is 5. The molecule has 1 saturated carbocycles. The number of amides is 2. The SMILES string of the molecule is Cc1ccc(NC(=O)C2CC(=O)N(C3CCCC3)C2)cc1S(=O)(=O)N(C)C. The largest absolute Gasteiger partial charge is 0.339 e. The van der Waals surface area contributed by atoms with E-state index >= 15 is 0 Å². The monoisotopic (exact) mass is 393 g/mol. The van der Waals surface area contributed by atoms with Crippen LogP contribution in [0.1, 0.15) is 37.7 Å². The van der Waals surface area contributed by atoms with Crippen LogP contribution in [0.2, 0.25) is 0 Å². The van der Waals surface area contributed by atoms with Gasteiger partial charge in [-0.25, -0.2) is 12.7 Å². The van der Waals surface area contributed by atoms with Crippen molar-refractivity contribution in [3.05, 3.63) is 23.8 Å². The van der Waals surface area contributed by atoms with Gasteiger partial charge in [-0.2, -0.15) is 0 Å². The van der Waals surface area contributed by atoms with Gasteiger partial charge in [-0.1, -0.05) is 18.9 Å². The third-order valence-corrected chi connectivity index (χ3v) is 7.47. The maximum Gasteiger partial charge on any atom is 0.242 e. The van der Waals surface area contributed by atoms with Gasteiger partial charge in [-0.15, -0.1) is 0 Å². The van der Waals surface area contributed by atoms with Crippen LogP contribution in [0.4, 0.5) is 5.69 Å². The van der Waals surface area contributed by atoms with Crippen molar-refractivity contribution in [2.75, 3.05) is 26.0 Å². The van der Waals surface area contributed by atoms with Crippen LogP contribution in [-0.4, -0.2) is 56.1 Å². The van der Waals surface area contributed by atoms with Gasteiger partial charge in [-0.3, -0.25) is 9.59 Å². The van der Waals surface area contributed by atoms with Crippen molar-refractivity contribution in [3.63, 3.8) is 0 Å². The molecule has 1 atom stereocenters. The summed E-state index contributed by atoms with van der Waals surface area (Å²) in [6, 6.07) is 5.12. The molecule has 148 valence electrons. The predicted octanol–water partition coefficient (Wildman–Crippen LogP) is 1.97. The summed E-state index contributed by atoms with van der Waals surface area (Å²) < 4.78 is 26.0. The molecule has 1 heterocycles. The lowest BCUT2D eigenvalue weighted by atomic mass is 10.1. The first-order chi connectivity index (χ1) is 12.7. The molecule has 1 saturated heterocycles. The molecular weight excluding hydrogens is 366 g/mol. The number of likely N-dealkylation sites (tertiary alicyclic amines) is 1. The first-order valence-corrected chi connectivity index (χ1v) is 10.8. The number of nitrogens with zero attached hydrogens (tertiary/aromatic N) is 2. The zero-order valence-corrected chi connectivity index (χ0v) is 16.9. The second-order valence-electron chi connectivity index (χ2n) is 7.64. The number of carbonyl (C=O) groups is 2. The number of aryl methyl sites for hydroxylation is 1. The van der Waals surface area contributed by atoms with Crippen molar-refractivity contribution >= 4 is 27.5 Å². The molecule has 0 spiro atoms. The summed E-state index contributed by atoms with van der Waals surface area (Å²) >= 11 is 0. The van der Waals surface area contributed by atoms with E-state index in [1.807, 2.05) is 4.90 Å². The molecule has 2 amide bonds. The topological polar surface area (TPSA) is 86.8 Å². The zero-order valence-electron chi connectivity index (χ0n) is 16.1. The molecule has 0 radical (unpaired) electrons. The van der Waals surface area contributed by atoms with Gasteiger partial charge in [-0.05, 0) is 37.5 Å². The number of nitrogens with one attached hydrogen (secondary N) is 1. The van der Waals surface area contributed by atoms with Crippen molar-refractivity contribution in [2.45, 2.75) is 50.0 Å². The summed E-state index contributed by atoms with van der Waals surface area (Å²) in [5.41, 5.74) is 1.04. The van der Waals surface area contributed by atoms with Crippen molar-refractivity contribution in [2.24, 2.45) is 5.92 Å². The number of hydrogen-bond donors (Lipinski definition) is 1.